The van der Waals surface area contributed by atoms with Gasteiger partial charge in [0.05, 0.1) is 13.2 Å². The molecule has 0 aliphatic heterocycles. The van der Waals surface area contributed by atoms with Crippen molar-refractivity contribution in [3.05, 3.63) is 48.6 Å². The van der Waals surface area contributed by atoms with Gasteiger partial charge in [0.1, 0.15) is 6.61 Å². The second-order valence-corrected chi connectivity index (χ2v) is 16.0. The van der Waals surface area contributed by atoms with Crippen LogP contribution in [-0.4, -0.2) is 49.3 Å². The number of hydrogen-bond donors (Lipinski definition) is 2. The Morgan fingerprint density at radius 3 is 1.49 bits per heavy atom. The van der Waals surface area contributed by atoms with E-state index in [0.29, 0.717) is 6.42 Å². The molecule has 0 bridgehead atoms. The monoisotopic (exact) mass is 796 g/mol. The molecule has 0 fully saturated rings. The third kappa shape index (κ3) is 41.4. The highest BCUT2D eigenvalue weighted by atomic mass is 31.2. The molecule has 0 aromatic carbocycles. The van der Waals surface area contributed by atoms with E-state index in [1.807, 2.05) is 0 Å². The number of carbonyl (C=O) groups is 2. The van der Waals surface area contributed by atoms with E-state index in [0.717, 1.165) is 77.0 Å². The molecule has 0 aromatic rings. The van der Waals surface area contributed by atoms with Crippen molar-refractivity contribution in [3.63, 3.8) is 0 Å². The molecule has 3 N–H and O–H groups in total. The van der Waals surface area contributed by atoms with Gasteiger partial charge < -0.3 is 20.1 Å². The molecule has 55 heavy (non-hydrogen) atoms. The minimum atomic E-state index is -4.36. The molecule has 0 aromatic heterocycles. The van der Waals surface area contributed by atoms with Crippen molar-refractivity contribution in [2.24, 2.45) is 5.73 Å². The van der Waals surface area contributed by atoms with E-state index in [1.54, 1.807) is 0 Å². The van der Waals surface area contributed by atoms with Gasteiger partial charge in [0.25, 0.3) is 0 Å². The van der Waals surface area contributed by atoms with Gasteiger partial charge in [-0.25, -0.2) is 4.57 Å². The molecule has 0 aliphatic carbocycles. The maximum absolute atomic E-state index is 12.5. The zero-order valence-electron chi connectivity index (χ0n) is 35.2. The molecule has 0 spiro atoms. The number of rotatable bonds is 41. The lowest BCUT2D eigenvalue weighted by molar-refractivity contribution is -0.161. The van der Waals surface area contributed by atoms with E-state index < -0.39 is 32.5 Å². The van der Waals surface area contributed by atoms with Crippen LogP contribution in [0.5, 0.6) is 0 Å². The first-order valence-electron chi connectivity index (χ1n) is 22.1. The van der Waals surface area contributed by atoms with E-state index >= 15 is 0 Å². The normalized spacial score (nSPS) is 13.7. The summed E-state index contributed by atoms with van der Waals surface area (Å²) in [6.45, 7) is 3.52. The second kappa shape index (κ2) is 41.6. The molecule has 0 aliphatic rings. The molecule has 0 amide bonds. The number of hydrogen-bond acceptors (Lipinski definition) is 8. The highest BCUT2D eigenvalue weighted by molar-refractivity contribution is 7.47. The Labute approximate surface area is 336 Å². The molecule has 0 heterocycles. The van der Waals surface area contributed by atoms with Crippen LogP contribution in [0.1, 0.15) is 194 Å². The third-order valence-corrected chi connectivity index (χ3v) is 10.2. The van der Waals surface area contributed by atoms with Crippen molar-refractivity contribution in [3.8, 4) is 0 Å². The molecule has 9 nitrogen and oxygen atoms in total. The number of esters is 2. The maximum Gasteiger partial charge on any atom is 0.472 e. The molecule has 0 saturated heterocycles. The van der Waals surface area contributed by atoms with E-state index in [9.17, 15) is 19.0 Å². The minimum Gasteiger partial charge on any atom is -0.462 e. The molecule has 0 saturated carbocycles. The number of ether oxygens (including phenoxy) is 2. The van der Waals surface area contributed by atoms with Crippen LogP contribution < -0.4 is 5.73 Å². The molecular formula is C45H82NO8P. The van der Waals surface area contributed by atoms with Crippen LogP contribution in [0, 0.1) is 0 Å². The number of phosphoric acid groups is 1. The first-order chi connectivity index (χ1) is 26.8. The maximum atomic E-state index is 12.5. The van der Waals surface area contributed by atoms with Crippen LogP contribution in [0.25, 0.3) is 0 Å². The van der Waals surface area contributed by atoms with E-state index in [4.69, 9.17) is 24.3 Å². The standard InChI is InChI=1S/C45H82NO8P/c1-3-5-7-9-10-11-12-13-14-15-16-17-18-19-20-21-22-23-24-25-26-27-28-29-30-31-32-34-36-38-45(48)54-43(42-53-55(49,50)52-40-39-46)41-51-44(47)37-35-33-8-6-4-2/h5,7,10-11,13-14,16-17,43H,3-4,6,8-9,12,15,18-42,46H2,1-2H3,(H,49,50)/b7-5-,11-10-,14-13-,17-16-. The van der Waals surface area contributed by atoms with Crippen molar-refractivity contribution >= 4 is 19.8 Å². The first kappa shape index (κ1) is 53.0. The van der Waals surface area contributed by atoms with Crippen molar-refractivity contribution < 1.29 is 37.6 Å². The fraction of sp³-hybridized carbons (Fsp3) is 0.778. The van der Waals surface area contributed by atoms with Crippen molar-refractivity contribution in [2.75, 3.05) is 26.4 Å². The summed E-state index contributed by atoms with van der Waals surface area (Å²) in [6, 6.07) is 0. The Balaban J connectivity index is 3.82. The van der Waals surface area contributed by atoms with Gasteiger partial charge in [0, 0.05) is 19.4 Å². The predicted octanol–water partition coefficient (Wildman–Crippen LogP) is 12.7. The highest BCUT2D eigenvalue weighted by Crippen LogP contribution is 2.43. The number of allylic oxidation sites excluding steroid dienone is 8. The number of unbranched alkanes of at least 4 members (excludes halogenated alkanes) is 20. The van der Waals surface area contributed by atoms with E-state index in [2.05, 4.69) is 62.5 Å². The summed E-state index contributed by atoms with van der Waals surface area (Å²) in [7, 11) is -4.36. The predicted molar refractivity (Wildman–Crippen MR) is 229 cm³/mol. The number of phosphoric ester groups is 1. The topological polar surface area (TPSA) is 134 Å². The van der Waals surface area contributed by atoms with Gasteiger partial charge in [-0.15, -0.1) is 0 Å². The average Bonchev–Trinajstić information content (AvgIpc) is 3.17. The Kier molecular flexibility index (Phi) is 40.1. The summed E-state index contributed by atoms with van der Waals surface area (Å²) in [6.07, 6.45) is 47.8. The van der Waals surface area contributed by atoms with Crippen molar-refractivity contribution in [2.45, 2.75) is 200 Å². The molecule has 0 radical (unpaired) electrons. The Bertz CT molecular complexity index is 1040. The van der Waals surface area contributed by atoms with Gasteiger partial charge in [0.15, 0.2) is 6.10 Å². The van der Waals surface area contributed by atoms with Crippen LogP contribution in [0.3, 0.4) is 0 Å². The van der Waals surface area contributed by atoms with Gasteiger partial charge in [-0.2, -0.15) is 0 Å². The van der Waals surface area contributed by atoms with Gasteiger partial charge in [-0.1, -0.05) is 178 Å². The Morgan fingerprint density at radius 1 is 0.564 bits per heavy atom. The zero-order chi connectivity index (χ0) is 40.3. The summed E-state index contributed by atoms with van der Waals surface area (Å²) in [5, 5.41) is 0. The molecular weight excluding hydrogens is 713 g/mol. The minimum absolute atomic E-state index is 0.0536. The van der Waals surface area contributed by atoms with Crippen LogP contribution >= 0.6 is 7.82 Å². The van der Waals surface area contributed by atoms with Gasteiger partial charge >= 0.3 is 19.8 Å². The van der Waals surface area contributed by atoms with Gasteiger partial charge in [-0.05, 0) is 51.4 Å². The van der Waals surface area contributed by atoms with Gasteiger partial charge in [-0.3, -0.25) is 18.6 Å². The molecule has 2 unspecified atom stereocenters. The SMILES string of the molecule is CC/C=C\C/C=C\C/C=C\C/C=C\CCCCCCCCCCCCCCCCCCC(=O)OC(COC(=O)CCCCCCC)COP(=O)(O)OCCN. The fourth-order valence-corrected chi connectivity index (χ4v) is 6.74. The number of carbonyl (C=O) groups excluding carboxylic acids is 2. The lowest BCUT2D eigenvalue weighted by atomic mass is 10.0. The lowest BCUT2D eigenvalue weighted by Crippen LogP contribution is -2.29. The Morgan fingerprint density at radius 2 is 1.00 bits per heavy atom. The largest absolute Gasteiger partial charge is 0.472 e. The highest BCUT2D eigenvalue weighted by Gasteiger charge is 2.26. The quantitative estimate of drug-likeness (QED) is 0.0268. The summed E-state index contributed by atoms with van der Waals surface area (Å²) in [4.78, 5) is 34.5. The van der Waals surface area contributed by atoms with Crippen LogP contribution in [0.2, 0.25) is 0 Å². The van der Waals surface area contributed by atoms with Crippen LogP contribution in [-0.2, 0) is 32.7 Å². The van der Waals surface area contributed by atoms with Gasteiger partial charge in [0.2, 0.25) is 0 Å². The molecule has 2 atom stereocenters. The van der Waals surface area contributed by atoms with Crippen LogP contribution in [0.15, 0.2) is 48.6 Å². The summed E-state index contributed by atoms with van der Waals surface area (Å²) in [5.41, 5.74) is 5.32. The van der Waals surface area contributed by atoms with Crippen molar-refractivity contribution in [1.29, 1.82) is 0 Å². The fourth-order valence-electron chi connectivity index (χ4n) is 5.98. The summed E-state index contributed by atoms with van der Waals surface area (Å²) >= 11 is 0. The van der Waals surface area contributed by atoms with Crippen LogP contribution in [0.4, 0.5) is 0 Å². The first-order valence-corrected chi connectivity index (χ1v) is 23.6. The molecule has 320 valence electrons. The van der Waals surface area contributed by atoms with Crippen molar-refractivity contribution in [1.82, 2.24) is 0 Å². The molecule has 0 rings (SSSR count). The Hall–Kier alpha value is -2.03. The summed E-state index contributed by atoms with van der Waals surface area (Å²) < 4.78 is 32.5. The average molecular weight is 796 g/mol. The third-order valence-electron chi connectivity index (χ3n) is 9.23. The van der Waals surface area contributed by atoms with E-state index in [-0.39, 0.29) is 32.6 Å². The molecule has 10 heteroatoms. The number of nitrogens with two attached hydrogens (primary N) is 1. The second-order valence-electron chi connectivity index (χ2n) is 14.5. The summed E-state index contributed by atoms with van der Waals surface area (Å²) in [5.74, 6) is -0.840. The smallest absolute Gasteiger partial charge is 0.462 e. The lowest BCUT2D eigenvalue weighted by Gasteiger charge is -2.19. The van der Waals surface area contributed by atoms with E-state index in [1.165, 1.54) is 83.5 Å². The zero-order valence-corrected chi connectivity index (χ0v) is 36.0.